The Morgan fingerprint density at radius 2 is 2.25 bits per heavy atom. The lowest BCUT2D eigenvalue weighted by molar-refractivity contribution is 0.00414. The van der Waals surface area contributed by atoms with Crippen LogP contribution in [-0.2, 0) is 14.2 Å². The molecule has 0 spiro atoms. The quantitative estimate of drug-likeness (QED) is 0.497. The summed E-state index contributed by atoms with van der Waals surface area (Å²) < 4.78 is 15.8. The van der Waals surface area contributed by atoms with Gasteiger partial charge in [0.1, 0.15) is 0 Å². The molecule has 0 aromatic carbocycles. The molecule has 0 saturated carbocycles. The third-order valence-electron chi connectivity index (χ3n) is 1.70. The first-order valence-corrected chi connectivity index (χ1v) is 4.94. The van der Waals surface area contributed by atoms with E-state index in [1.807, 2.05) is 0 Å². The Balaban J connectivity index is 1.81. The largest absolute Gasteiger partial charge is 0.379 e. The maximum Gasteiger partial charge on any atom is 0.0831 e. The molecular formula is C8H16O3S. The zero-order valence-electron chi connectivity index (χ0n) is 7.20. The zero-order valence-corrected chi connectivity index (χ0v) is 8.09. The molecule has 1 aliphatic rings. The van der Waals surface area contributed by atoms with Gasteiger partial charge >= 0.3 is 0 Å². The van der Waals surface area contributed by atoms with Crippen LogP contribution in [0.15, 0.2) is 0 Å². The Morgan fingerprint density at radius 1 is 1.33 bits per heavy atom. The molecule has 72 valence electrons. The van der Waals surface area contributed by atoms with E-state index in [1.54, 1.807) is 0 Å². The van der Waals surface area contributed by atoms with Crippen LogP contribution >= 0.6 is 12.6 Å². The first-order chi connectivity index (χ1) is 5.93. The predicted molar refractivity (Wildman–Crippen MR) is 49.8 cm³/mol. The lowest BCUT2D eigenvalue weighted by atomic mass is 10.3. The van der Waals surface area contributed by atoms with Gasteiger partial charge in [0.05, 0.1) is 32.5 Å². The standard InChI is InChI=1S/C8H16O3S/c12-6-5-9-3-4-11-8-1-2-10-7-8/h8,12H,1-7H2. The van der Waals surface area contributed by atoms with Crippen molar-refractivity contribution in [1.82, 2.24) is 0 Å². The maximum atomic E-state index is 5.47. The fourth-order valence-corrected chi connectivity index (χ4v) is 1.21. The van der Waals surface area contributed by atoms with Gasteiger partial charge in [-0.2, -0.15) is 12.6 Å². The van der Waals surface area contributed by atoms with Crippen molar-refractivity contribution in [2.24, 2.45) is 0 Å². The Hall–Kier alpha value is 0.230. The van der Waals surface area contributed by atoms with Gasteiger partial charge in [-0.1, -0.05) is 0 Å². The van der Waals surface area contributed by atoms with Crippen molar-refractivity contribution in [3.8, 4) is 0 Å². The van der Waals surface area contributed by atoms with Crippen LogP contribution in [0.25, 0.3) is 0 Å². The molecule has 1 saturated heterocycles. The Morgan fingerprint density at radius 3 is 2.92 bits per heavy atom. The van der Waals surface area contributed by atoms with Gasteiger partial charge in [0.15, 0.2) is 0 Å². The summed E-state index contributed by atoms with van der Waals surface area (Å²) in [5, 5.41) is 0. The van der Waals surface area contributed by atoms with E-state index in [9.17, 15) is 0 Å². The molecule has 1 heterocycles. The normalized spacial score (nSPS) is 23.2. The third kappa shape index (κ3) is 4.30. The van der Waals surface area contributed by atoms with Gasteiger partial charge in [-0.25, -0.2) is 0 Å². The molecule has 0 bridgehead atoms. The number of hydrogen-bond donors (Lipinski definition) is 1. The third-order valence-corrected chi connectivity index (χ3v) is 1.89. The molecule has 0 radical (unpaired) electrons. The molecule has 0 aromatic heterocycles. The molecule has 1 unspecified atom stereocenters. The van der Waals surface area contributed by atoms with Gasteiger partial charge < -0.3 is 14.2 Å². The second-order valence-corrected chi connectivity index (χ2v) is 3.14. The van der Waals surface area contributed by atoms with Gasteiger partial charge in [0.2, 0.25) is 0 Å². The Kier molecular flexibility index (Phi) is 5.77. The highest BCUT2D eigenvalue weighted by atomic mass is 32.1. The second-order valence-electron chi connectivity index (χ2n) is 2.69. The summed E-state index contributed by atoms with van der Waals surface area (Å²) in [5.41, 5.74) is 0. The lowest BCUT2D eigenvalue weighted by Crippen LogP contribution is -2.16. The zero-order chi connectivity index (χ0) is 8.65. The SMILES string of the molecule is SCCOCCOC1CCOC1. The van der Waals surface area contributed by atoms with Crippen LogP contribution in [0.1, 0.15) is 6.42 Å². The van der Waals surface area contributed by atoms with Crippen molar-refractivity contribution in [3.05, 3.63) is 0 Å². The summed E-state index contributed by atoms with van der Waals surface area (Å²) in [6.07, 6.45) is 1.32. The predicted octanol–water partition coefficient (Wildman–Crippen LogP) is 0.738. The molecule has 12 heavy (non-hydrogen) atoms. The van der Waals surface area contributed by atoms with Crippen molar-refractivity contribution in [2.45, 2.75) is 12.5 Å². The van der Waals surface area contributed by atoms with Crippen molar-refractivity contribution in [1.29, 1.82) is 0 Å². The Bertz CT molecular complexity index is 104. The fraction of sp³-hybridized carbons (Fsp3) is 1.00. The van der Waals surface area contributed by atoms with Crippen molar-refractivity contribution >= 4 is 12.6 Å². The van der Waals surface area contributed by atoms with E-state index < -0.39 is 0 Å². The fourth-order valence-electron chi connectivity index (χ4n) is 1.08. The molecule has 1 rings (SSSR count). The summed E-state index contributed by atoms with van der Waals surface area (Å²) in [7, 11) is 0. The van der Waals surface area contributed by atoms with E-state index in [-0.39, 0.29) is 0 Å². The number of hydrogen-bond acceptors (Lipinski definition) is 4. The van der Waals surface area contributed by atoms with Gasteiger partial charge in [-0.05, 0) is 6.42 Å². The van der Waals surface area contributed by atoms with Gasteiger partial charge in [-0.3, -0.25) is 0 Å². The molecule has 0 amide bonds. The molecule has 3 nitrogen and oxygen atoms in total. The molecule has 1 aliphatic heterocycles. The first-order valence-electron chi connectivity index (χ1n) is 4.31. The minimum atomic E-state index is 0.296. The van der Waals surface area contributed by atoms with E-state index in [0.29, 0.717) is 25.9 Å². The maximum absolute atomic E-state index is 5.47. The monoisotopic (exact) mass is 192 g/mol. The van der Waals surface area contributed by atoms with Gasteiger partial charge in [0.25, 0.3) is 0 Å². The smallest absolute Gasteiger partial charge is 0.0831 e. The summed E-state index contributed by atoms with van der Waals surface area (Å²) in [5.74, 6) is 0.770. The Labute approximate surface area is 78.8 Å². The minimum absolute atomic E-state index is 0.296. The number of ether oxygens (including phenoxy) is 3. The average Bonchev–Trinajstić information content (AvgIpc) is 2.57. The number of rotatable bonds is 6. The number of thiol groups is 1. The highest BCUT2D eigenvalue weighted by Gasteiger charge is 2.15. The van der Waals surface area contributed by atoms with E-state index in [2.05, 4.69) is 12.6 Å². The lowest BCUT2D eigenvalue weighted by Gasteiger charge is -2.09. The second kappa shape index (κ2) is 6.71. The molecule has 0 N–H and O–H groups in total. The van der Waals surface area contributed by atoms with Crippen LogP contribution in [0.2, 0.25) is 0 Å². The molecule has 0 aliphatic carbocycles. The topological polar surface area (TPSA) is 27.7 Å². The van der Waals surface area contributed by atoms with Crippen molar-refractivity contribution in [2.75, 3.05) is 38.8 Å². The highest BCUT2D eigenvalue weighted by Crippen LogP contribution is 2.07. The summed E-state index contributed by atoms with van der Waals surface area (Å²) in [6, 6.07) is 0. The van der Waals surface area contributed by atoms with Crippen LogP contribution in [0.4, 0.5) is 0 Å². The van der Waals surface area contributed by atoms with Gasteiger partial charge in [-0.15, -0.1) is 0 Å². The van der Waals surface area contributed by atoms with Crippen LogP contribution < -0.4 is 0 Å². The van der Waals surface area contributed by atoms with Gasteiger partial charge in [0, 0.05) is 12.4 Å². The van der Waals surface area contributed by atoms with Crippen LogP contribution in [0.5, 0.6) is 0 Å². The molecule has 0 aromatic rings. The molecule has 1 fully saturated rings. The highest BCUT2D eigenvalue weighted by molar-refractivity contribution is 7.80. The molecule has 1 atom stereocenters. The van der Waals surface area contributed by atoms with E-state index >= 15 is 0 Å². The van der Waals surface area contributed by atoms with Crippen molar-refractivity contribution in [3.63, 3.8) is 0 Å². The molecular weight excluding hydrogens is 176 g/mol. The van der Waals surface area contributed by atoms with Crippen LogP contribution in [0, 0.1) is 0 Å². The first kappa shape index (κ1) is 10.3. The van der Waals surface area contributed by atoms with Crippen LogP contribution in [-0.4, -0.2) is 44.9 Å². The average molecular weight is 192 g/mol. The van der Waals surface area contributed by atoms with E-state index in [4.69, 9.17) is 14.2 Å². The van der Waals surface area contributed by atoms with Crippen molar-refractivity contribution < 1.29 is 14.2 Å². The van der Waals surface area contributed by atoms with Crippen LogP contribution in [0.3, 0.4) is 0 Å². The summed E-state index contributed by atoms with van der Waals surface area (Å²) in [6.45, 7) is 3.61. The van der Waals surface area contributed by atoms with E-state index in [1.165, 1.54) is 0 Å². The summed E-state index contributed by atoms with van der Waals surface area (Å²) in [4.78, 5) is 0. The van der Waals surface area contributed by atoms with E-state index in [0.717, 1.165) is 25.4 Å². The summed E-state index contributed by atoms with van der Waals surface area (Å²) >= 11 is 4.02. The molecule has 4 heteroatoms. The minimum Gasteiger partial charge on any atom is -0.379 e.